The van der Waals surface area contributed by atoms with Gasteiger partial charge in [0.15, 0.2) is 0 Å². The number of carbonyl (C=O) groups excluding carboxylic acids is 1. The van der Waals surface area contributed by atoms with Crippen LogP contribution in [0.4, 0.5) is 0 Å². The second-order valence-corrected chi connectivity index (χ2v) is 7.55. The monoisotopic (exact) mass is 335 g/mol. The molecule has 0 aromatic heterocycles. The number of nitrogens with one attached hydrogen (secondary N) is 1. The molecule has 0 saturated heterocycles. The fraction of sp³-hybridized carbons (Fsp3) is 0.375. The Hall–Kier alpha value is -2.15. The predicted octanol–water partition coefficient (Wildman–Crippen LogP) is 1.63. The van der Waals surface area contributed by atoms with Gasteiger partial charge in [-0.2, -0.15) is 8.42 Å². The van der Waals surface area contributed by atoms with Crippen LogP contribution in [-0.2, 0) is 15.0 Å². The highest BCUT2D eigenvalue weighted by Gasteiger charge is 2.29. The van der Waals surface area contributed by atoms with Crippen molar-refractivity contribution in [3.63, 3.8) is 0 Å². The lowest BCUT2D eigenvalue weighted by atomic mass is 10.1. The Kier molecular flexibility index (Phi) is 4.89. The number of allylic oxidation sites excluding steroid dienone is 1. The summed E-state index contributed by atoms with van der Waals surface area (Å²) in [5.41, 5.74) is 2.04. The third-order valence-electron chi connectivity index (χ3n) is 3.42. The molecule has 124 valence electrons. The quantitative estimate of drug-likeness (QED) is 0.908. The second-order valence-electron chi connectivity index (χ2n) is 5.92. The molecule has 0 saturated carbocycles. The fourth-order valence-corrected chi connectivity index (χ4v) is 2.93. The van der Waals surface area contributed by atoms with Crippen molar-refractivity contribution in [2.45, 2.75) is 20.8 Å². The van der Waals surface area contributed by atoms with Crippen LogP contribution in [-0.4, -0.2) is 37.9 Å². The molecule has 0 fully saturated rings. The zero-order chi connectivity index (χ0) is 17.2. The number of carbonyl (C=O) groups is 1. The van der Waals surface area contributed by atoms with Crippen molar-refractivity contribution in [2.75, 3.05) is 13.6 Å². The lowest BCUT2D eigenvalue weighted by Gasteiger charge is -2.24. The zero-order valence-electron chi connectivity index (χ0n) is 13.7. The van der Waals surface area contributed by atoms with Crippen LogP contribution >= 0.6 is 0 Å². The number of hydrogen-bond donors (Lipinski definition) is 1. The van der Waals surface area contributed by atoms with Crippen LogP contribution in [0.5, 0.6) is 0 Å². The van der Waals surface area contributed by atoms with Crippen LogP contribution in [0.15, 0.2) is 40.4 Å². The van der Waals surface area contributed by atoms with Crippen LogP contribution in [0, 0.1) is 12.8 Å². The Morgan fingerprint density at radius 3 is 2.43 bits per heavy atom. The topological polar surface area (TPSA) is 78.8 Å². The van der Waals surface area contributed by atoms with Crippen LogP contribution in [0.25, 0.3) is 0 Å². The summed E-state index contributed by atoms with van der Waals surface area (Å²) >= 11 is 0. The van der Waals surface area contributed by atoms with Gasteiger partial charge in [-0.1, -0.05) is 43.7 Å². The molecule has 1 amide bonds. The predicted molar refractivity (Wildman–Crippen MR) is 90.3 cm³/mol. The molecule has 1 aliphatic heterocycles. The van der Waals surface area contributed by atoms with Gasteiger partial charge >= 0.3 is 10.2 Å². The summed E-state index contributed by atoms with van der Waals surface area (Å²) < 4.78 is 29.1. The van der Waals surface area contributed by atoms with Crippen molar-refractivity contribution in [1.82, 2.24) is 9.62 Å². The molecule has 1 aliphatic rings. The molecule has 0 spiro atoms. The maximum absolute atomic E-state index is 12.3. The maximum Gasteiger partial charge on any atom is 0.345 e. The van der Waals surface area contributed by atoms with Gasteiger partial charge in [0.25, 0.3) is 5.91 Å². The molecule has 1 heterocycles. The van der Waals surface area contributed by atoms with Crippen LogP contribution < -0.4 is 5.32 Å². The first-order valence-electron chi connectivity index (χ1n) is 7.36. The Labute approximate surface area is 137 Å². The van der Waals surface area contributed by atoms with E-state index in [4.69, 9.17) is 0 Å². The van der Waals surface area contributed by atoms with Crippen LogP contribution in [0.2, 0.25) is 0 Å². The minimum atomic E-state index is -3.91. The molecule has 0 radical (unpaired) electrons. The summed E-state index contributed by atoms with van der Waals surface area (Å²) in [4.78, 5) is 12.3. The number of aryl methyl sites for hydroxylation is 1. The lowest BCUT2D eigenvalue weighted by Crippen LogP contribution is -2.39. The number of hydrogen-bond acceptors (Lipinski definition) is 3. The number of amides is 1. The Bertz CT molecular complexity index is 762. The smallest absolute Gasteiger partial charge is 0.345 e. The molecule has 1 aromatic rings. The van der Waals surface area contributed by atoms with Crippen molar-refractivity contribution < 1.29 is 13.2 Å². The molecule has 0 atom stereocenters. The average Bonchev–Trinajstić information content (AvgIpc) is 2.48. The fourth-order valence-electron chi connectivity index (χ4n) is 2.01. The summed E-state index contributed by atoms with van der Waals surface area (Å²) in [5, 5.41) is 2.73. The van der Waals surface area contributed by atoms with Gasteiger partial charge < -0.3 is 5.32 Å². The largest absolute Gasteiger partial charge is 0.350 e. The summed E-state index contributed by atoms with van der Waals surface area (Å²) in [7, 11) is -2.58. The molecule has 0 aliphatic carbocycles. The van der Waals surface area contributed by atoms with Gasteiger partial charge in [-0.25, -0.2) is 4.31 Å². The van der Waals surface area contributed by atoms with Gasteiger partial charge in [-0.15, -0.1) is 4.40 Å². The standard InChI is InChI=1S/C16H21N3O3S/c1-11(2)10-17-16(20)15-9-14(18-23(21,22)19(15)4)13-7-5-12(3)6-8-13/h5-9,11H,10H2,1-4H3,(H,17,20). The van der Waals surface area contributed by atoms with Gasteiger partial charge in [0.05, 0.1) is 5.71 Å². The maximum atomic E-state index is 12.3. The van der Waals surface area contributed by atoms with Gasteiger partial charge in [0, 0.05) is 19.2 Å². The highest BCUT2D eigenvalue weighted by atomic mass is 32.2. The van der Waals surface area contributed by atoms with E-state index in [2.05, 4.69) is 9.71 Å². The molecule has 23 heavy (non-hydrogen) atoms. The van der Waals surface area contributed by atoms with E-state index in [1.165, 1.54) is 13.1 Å². The van der Waals surface area contributed by atoms with E-state index in [0.29, 0.717) is 12.1 Å². The van der Waals surface area contributed by atoms with E-state index in [1.54, 1.807) is 12.1 Å². The summed E-state index contributed by atoms with van der Waals surface area (Å²) in [6, 6.07) is 7.31. The average molecular weight is 335 g/mol. The van der Waals surface area contributed by atoms with Crippen LogP contribution in [0.1, 0.15) is 25.0 Å². The first kappa shape index (κ1) is 17.2. The van der Waals surface area contributed by atoms with E-state index in [0.717, 1.165) is 9.87 Å². The van der Waals surface area contributed by atoms with Crippen molar-refractivity contribution in [2.24, 2.45) is 10.3 Å². The van der Waals surface area contributed by atoms with E-state index < -0.39 is 16.1 Å². The first-order valence-corrected chi connectivity index (χ1v) is 8.76. The molecule has 7 heteroatoms. The Balaban J connectivity index is 2.39. The minimum absolute atomic E-state index is 0.0659. The van der Waals surface area contributed by atoms with Crippen molar-refractivity contribution in [1.29, 1.82) is 0 Å². The highest BCUT2D eigenvalue weighted by Crippen LogP contribution is 2.20. The van der Waals surface area contributed by atoms with E-state index in [9.17, 15) is 13.2 Å². The Morgan fingerprint density at radius 2 is 1.87 bits per heavy atom. The SMILES string of the molecule is Cc1ccc(C2=NS(=O)(=O)N(C)C(C(=O)NCC(C)C)=C2)cc1. The first-order chi connectivity index (χ1) is 10.7. The van der Waals surface area contributed by atoms with E-state index >= 15 is 0 Å². The molecule has 2 rings (SSSR count). The third-order valence-corrected chi connectivity index (χ3v) is 4.74. The lowest BCUT2D eigenvalue weighted by molar-refractivity contribution is -0.118. The van der Waals surface area contributed by atoms with E-state index in [-0.39, 0.29) is 17.3 Å². The molecular weight excluding hydrogens is 314 g/mol. The molecule has 0 unspecified atom stereocenters. The van der Waals surface area contributed by atoms with Crippen molar-refractivity contribution in [3.05, 3.63) is 47.2 Å². The summed E-state index contributed by atoms with van der Waals surface area (Å²) in [6.45, 7) is 6.35. The summed E-state index contributed by atoms with van der Waals surface area (Å²) in [5.74, 6) is -0.153. The number of nitrogens with zero attached hydrogens (tertiary/aromatic N) is 2. The van der Waals surface area contributed by atoms with Gasteiger partial charge in [-0.3, -0.25) is 4.79 Å². The number of rotatable bonds is 4. The zero-order valence-corrected chi connectivity index (χ0v) is 14.5. The second kappa shape index (κ2) is 6.54. The molecular formula is C16H21N3O3S. The molecule has 1 N–H and O–H groups in total. The van der Waals surface area contributed by atoms with Crippen molar-refractivity contribution in [3.8, 4) is 0 Å². The molecule has 1 aromatic carbocycles. The minimum Gasteiger partial charge on any atom is -0.350 e. The van der Waals surface area contributed by atoms with Gasteiger partial charge in [0.2, 0.25) is 0 Å². The van der Waals surface area contributed by atoms with E-state index in [1.807, 2.05) is 32.9 Å². The third kappa shape index (κ3) is 3.98. The van der Waals surface area contributed by atoms with Gasteiger partial charge in [-0.05, 0) is 18.9 Å². The number of likely N-dealkylation sites (N-methyl/N-ethyl adjacent to an activating group) is 1. The molecule has 0 bridgehead atoms. The van der Waals surface area contributed by atoms with Gasteiger partial charge in [0.1, 0.15) is 5.70 Å². The summed E-state index contributed by atoms with van der Waals surface area (Å²) in [6.07, 6.45) is 1.50. The number of benzene rings is 1. The highest BCUT2D eigenvalue weighted by molar-refractivity contribution is 7.88. The normalized spacial score (nSPS) is 16.8. The molecule has 6 nitrogen and oxygen atoms in total. The Morgan fingerprint density at radius 1 is 1.26 bits per heavy atom. The van der Waals surface area contributed by atoms with Crippen LogP contribution in [0.3, 0.4) is 0 Å². The van der Waals surface area contributed by atoms with Crippen molar-refractivity contribution >= 4 is 21.8 Å².